The SMILES string of the molecule is CC1(c2ccccc2)CCc2cc(C(=O)O)cnc2N1.Cl. The number of halogens is 1. The number of pyridine rings is 1. The van der Waals surface area contributed by atoms with Gasteiger partial charge in [0.05, 0.1) is 11.1 Å². The molecule has 1 unspecified atom stereocenters. The molecule has 2 heterocycles. The smallest absolute Gasteiger partial charge is 0.337 e. The largest absolute Gasteiger partial charge is 0.478 e. The summed E-state index contributed by atoms with van der Waals surface area (Å²) in [6.45, 7) is 2.15. The van der Waals surface area contributed by atoms with Crippen LogP contribution in [0.1, 0.15) is 34.8 Å². The highest BCUT2D eigenvalue weighted by Gasteiger charge is 2.31. The molecule has 2 aromatic rings. The Bertz CT molecular complexity index is 661. The molecule has 4 nitrogen and oxygen atoms in total. The number of carboxylic acid groups (broad SMARTS) is 1. The first-order chi connectivity index (χ1) is 9.58. The quantitative estimate of drug-likeness (QED) is 0.891. The van der Waals surface area contributed by atoms with Gasteiger partial charge in [-0.25, -0.2) is 9.78 Å². The Labute approximate surface area is 129 Å². The molecule has 21 heavy (non-hydrogen) atoms. The molecule has 1 atom stereocenters. The van der Waals surface area contributed by atoms with Crippen molar-refractivity contribution in [2.45, 2.75) is 25.3 Å². The van der Waals surface area contributed by atoms with E-state index >= 15 is 0 Å². The van der Waals surface area contributed by atoms with Crippen LogP contribution in [0, 0.1) is 0 Å². The summed E-state index contributed by atoms with van der Waals surface area (Å²) in [4.78, 5) is 15.2. The van der Waals surface area contributed by atoms with E-state index in [-0.39, 0.29) is 23.5 Å². The molecule has 1 aliphatic heterocycles. The number of aryl methyl sites for hydroxylation is 1. The van der Waals surface area contributed by atoms with Gasteiger partial charge in [0.2, 0.25) is 0 Å². The summed E-state index contributed by atoms with van der Waals surface area (Å²) < 4.78 is 0. The van der Waals surface area contributed by atoms with Crippen LogP contribution in [0.2, 0.25) is 0 Å². The topological polar surface area (TPSA) is 62.2 Å². The van der Waals surface area contributed by atoms with Crippen LogP contribution in [0.5, 0.6) is 0 Å². The molecule has 1 aromatic carbocycles. The molecule has 3 rings (SSSR count). The fourth-order valence-corrected chi connectivity index (χ4v) is 2.66. The number of carboxylic acids is 1. The predicted octanol–water partition coefficient (Wildman–Crippen LogP) is 3.48. The first kappa shape index (κ1) is 15.3. The van der Waals surface area contributed by atoms with Crippen LogP contribution in [0.3, 0.4) is 0 Å². The Balaban J connectivity index is 0.00000161. The fourth-order valence-electron chi connectivity index (χ4n) is 2.66. The second kappa shape index (κ2) is 5.74. The zero-order chi connectivity index (χ0) is 14.2. The van der Waals surface area contributed by atoms with Gasteiger partial charge in [-0.15, -0.1) is 12.4 Å². The Hall–Kier alpha value is -2.07. The number of nitrogens with zero attached hydrogens (tertiary/aromatic N) is 1. The molecular weight excluding hydrogens is 288 g/mol. The Morgan fingerprint density at radius 2 is 2.05 bits per heavy atom. The highest BCUT2D eigenvalue weighted by atomic mass is 35.5. The van der Waals surface area contributed by atoms with Crippen LogP contribution >= 0.6 is 12.4 Å². The number of carbonyl (C=O) groups is 1. The lowest BCUT2D eigenvalue weighted by atomic mass is 9.83. The van der Waals surface area contributed by atoms with Gasteiger partial charge in [0, 0.05) is 6.20 Å². The summed E-state index contributed by atoms with van der Waals surface area (Å²) in [5, 5.41) is 12.5. The van der Waals surface area contributed by atoms with Crippen molar-refractivity contribution in [1.29, 1.82) is 0 Å². The van der Waals surface area contributed by atoms with Crippen LogP contribution in [0.4, 0.5) is 5.82 Å². The highest BCUT2D eigenvalue weighted by Crippen LogP contribution is 2.36. The molecule has 0 amide bonds. The van der Waals surface area contributed by atoms with E-state index in [4.69, 9.17) is 5.11 Å². The number of aromatic carboxylic acids is 1. The van der Waals surface area contributed by atoms with Gasteiger partial charge in [-0.1, -0.05) is 30.3 Å². The van der Waals surface area contributed by atoms with Crippen molar-refractivity contribution in [3.63, 3.8) is 0 Å². The van der Waals surface area contributed by atoms with E-state index in [0.717, 1.165) is 24.2 Å². The number of fused-ring (bicyclic) bond motifs is 1. The van der Waals surface area contributed by atoms with E-state index in [2.05, 4.69) is 29.4 Å². The van der Waals surface area contributed by atoms with Gasteiger partial charge in [0.15, 0.2) is 0 Å². The summed E-state index contributed by atoms with van der Waals surface area (Å²) in [6, 6.07) is 12.0. The van der Waals surface area contributed by atoms with Crippen molar-refractivity contribution in [3.05, 3.63) is 59.3 Å². The molecule has 110 valence electrons. The first-order valence-corrected chi connectivity index (χ1v) is 6.64. The monoisotopic (exact) mass is 304 g/mol. The van der Waals surface area contributed by atoms with Crippen molar-refractivity contribution in [2.24, 2.45) is 0 Å². The van der Waals surface area contributed by atoms with Crippen LogP contribution in [-0.4, -0.2) is 16.1 Å². The maximum Gasteiger partial charge on any atom is 0.337 e. The van der Waals surface area contributed by atoms with Gasteiger partial charge in [-0.2, -0.15) is 0 Å². The molecule has 0 bridgehead atoms. The standard InChI is InChI=1S/C16H16N2O2.ClH/c1-16(13-5-3-2-4-6-13)8-7-11-9-12(15(19)20)10-17-14(11)18-16;/h2-6,9-10H,7-8H2,1H3,(H,17,18)(H,19,20);1H. The molecule has 0 aliphatic carbocycles. The van der Waals surface area contributed by atoms with Crippen LogP contribution < -0.4 is 5.32 Å². The lowest BCUT2D eigenvalue weighted by Crippen LogP contribution is -2.36. The fraction of sp³-hybridized carbons (Fsp3) is 0.250. The normalized spacial score (nSPS) is 19.9. The molecular formula is C16H17ClN2O2. The number of aromatic nitrogens is 1. The van der Waals surface area contributed by atoms with Gasteiger partial charge < -0.3 is 10.4 Å². The van der Waals surface area contributed by atoms with E-state index in [1.54, 1.807) is 6.07 Å². The Morgan fingerprint density at radius 1 is 1.33 bits per heavy atom. The molecule has 0 saturated carbocycles. The second-order valence-electron chi connectivity index (χ2n) is 5.36. The molecule has 1 aliphatic rings. The third kappa shape index (κ3) is 2.85. The number of benzene rings is 1. The molecule has 0 fully saturated rings. The summed E-state index contributed by atoms with van der Waals surface area (Å²) >= 11 is 0. The molecule has 1 aromatic heterocycles. The molecule has 0 radical (unpaired) electrons. The van der Waals surface area contributed by atoms with E-state index in [1.165, 1.54) is 11.8 Å². The zero-order valence-corrected chi connectivity index (χ0v) is 12.5. The van der Waals surface area contributed by atoms with Gasteiger partial charge in [-0.3, -0.25) is 0 Å². The Kier molecular flexibility index (Phi) is 4.19. The predicted molar refractivity (Wildman–Crippen MR) is 84.2 cm³/mol. The number of anilines is 1. The van der Waals surface area contributed by atoms with Gasteiger partial charge in [-0.05, 0) is 37.0 Å². The molecule has 2 N–H and O–H groups in total. The number of nitrogens with one attached hydrogen (secondary N) is 1. The van der Waals surface area contributed by atoms with Crippen molar-refractivity contribution < 1.29 is 9.90 Å². The second-order valence-corrected chi connectivity index (χ2v) is 5.36. The molecule has 5 heteroatoms. The summed E-state index contributed by atoms with van der Waals surface area (Å²) in [5.41, 5.74) is 2.27. The van der Waals surface area contributed by atoms with Crippen LogP contribution in [0.25, 0.3) is 0 Å². The van der Waals surface area contributed by atoms with Gasteiger partial charge in [0.1, 0.15) is 5.82 Å². The van der Waals surface area contributed by atoms with Crippen LogP contribution in [0.15, 0.2) is 42.6 Å². The lowest BCUT2D eigenvalue weighted by Gasteiger charge is -2.36. The Morgan fingerprint density at radius 3 is 2.71 bits per heavy atom. The molecule has 0 saturated heterocycles. The number of rotatable bonds is 2. The van der Waals surface area contributed by atoms with Gasteiger partial charge in [0.25, 0.3) is 0 Å². The van der Waals surface area contributed by atoms with E-state index in [0.29, 0.717) is 0 Å². The van der Waals surface area contributed by atoms with Gasteiger partial charge >= 0.3 is 5.97 Å². The minimum absolute atomic E-state index is 0. The van der Waals surface area contributed by atoms with Crippen molar-refractivity contribution in [1.82, 2.24) is 4.98 Å². The summed E-state index contributed by atoms with van der Waals surface area (Å²) in [5.74, 6) is -0.149. The average Bonchev–Trinajstić information content (AvgIpc) is 2.47. The molecule has 0 spiro atoms. The van der Waals surface area contributed by atoms with Crippen molar-refractivity contribution in [3.8, 4) is 0 Å². The minimum atomic E-state index is -0.934. The third-order valence-corrected chi connectivity index (χ3v) is 3.91. The summed E-state index contributed by atoms with van der Waals surface area (Å²) in [7, 11) is 0. The van der Waals surface area contributed by atoms with Crippen molar-refractivity contribution >= 4 is 24.2 Å². The maximum atomic E-state index is 11.0. The van der Waals surface area contributed by atoms with E-state index < -0.39 is 5.97 Å². The third-order valence-electron chi connectivity index (χ3n) is 3.91. The van der Waals surface area contributed by atoms with E-state index in [1.807, 2.05) is 18.2 Å². The number of hydrogen-bond donors (Lipinski definition) is 2. The highest BCUT2D eigenvalue weighted by molar-refractivity contribution is 5.88. The average molecular weight is 305 g/mol. The number of hydrogen-bond acceptors (Lipinski definition) is 3. The summed E-state index contributed by atoms with van der Waals surface area (Å²) in [6.07, 6.45) is 3.14. The van der Waals surface area contributed by atoms with E-state index in [9.17, 15) is 4.79 Å². The van der Waals surface area contributed by atoms with Crippen LogP contribution in [-0.2, 0) is 12.0 Å². The maximum absolute atomic E-state index is 11.0. The van der Waals surface area contributed by atoms with Crippen molar-refractivity contribution in [2.75, 3.05) is 5.32 Å². The first-order valence-electron chi connectivity index (χ1n) is 6.64. The minimum Gasteiger partial charge on any atom is -0.478 e. The zero-order valence-electron chi connectivity index (χ0n) is 11.7. The lowest BCUT2D eigenvalue weighted by molar-refractivity contribution is 0.0696.